The van der Waals surface area contributed by atoms with Crippen LogP contribution in [0.5, 0.6) is 0 Å². The molecule has 5 aromatic rings. The Morgan fingerprint density at radius 2 is 1.89 bits per heavy atom. The Labute approximate surface area is 230 Å². The number of aromatic nitrogens is 3. The first kappa shape index (κ1) is 25.2. The highest BCUT2D eigenvalue weighted by atomic mass is 79.9. The molecule has 2 N–H and O–H groups in total. The molecule has 2 heterocycles. The Morgan fingerprint density at radius 3 is 2.63 bits per heavy atom. The van der Waals surface area contributed by atoms with Crippen LogP contribution in [-0.2, 0) is 34.3 Å². The second-order valence-electron chi connectivity index (χ2n) is 9.25. The molecule has 0 radical (unpaired) electrons. The average Bonchev–Trinajstić information content (AvgIpc) is 3.64. The lowest BCUT2D eigenvalue weighted by atomic mass is 9.98. The van der Waals surface area contributed by atoms with Crippen LogP contribution in [-0.4, -0.2) is 28.7 Å². The minimum Gasteiger partial charge on any atom is -0.416 e. The largest absolute Gasteiger partial charge is 0.416 e. The van der Waals surface area contributed by atoms with E-state index < -0.39 is 26.6 Å². The summed E-state index contributed by atoms with van der Waals surface area (Å²) < 4.78 is 51.8. The number of sulfone groups is 1. The van der Waals surface area contributed by atoms with Gasteiger partial charge in [0.1, 0.15) is 0 Å². The lowest BCUT2D eigenvalue weighted by Gasteiger charge is -2.28. The number of nitrogens with zero attached hydrogens (tertiary/aromatic N) is 2. The van der Waals surface area contributed by atoms with Gasteiger partial charge in [-0.15, -0.1) is 10.2 Å². The standard InChI is InChI=1S/C27H20BrClFN3O4S/c28-18-2-1-3-20(12-18)38(35,36)27(30,26-33-32-25(37-26)16-6-4-15(14-34)5-7-16)17-10-21-22-13-19(29)8-9-23(22)31-24(21)11-17/h1-9,12-13,17,31,34H,10-11,14H2. The zero-order chi connectivity index (χ0) is 26.7. The van der Waals surface area contributed by atoms with Crippen LogP contribution in [0.4, 0.5) is 4.39 Å². The molecule has 2 atom stereocenters. The van der Waals surface area contributed by atoms with Crippen LogP contribution in [0.3, 0.4) is 0 Å². The van der Waals surface area contributed by atoms with Crippen molar-refractivity contribution in [3.63, 3.8) is 0 Å². The Balaban J connectivity index is 1.47. The van der Waals surface area contributed by atoms with E-state index in [-0.39, 0.29) is 30.2 Å². The molecule has 11 heteroatoms. The number of rotatable bonds is 6. The molecule has 2 unspecified atom stereocenters. The van der Waals surface area contributed by atoms with Gasteiger partial charge in [0.15, 0.2) is 0 Å². The summed E-state index contributed by atoms with van der Waals surface area (Å²) in [6, 6.07) is 17.9. The van der Waals surface area contributed by atoms with Crippen molar-refractivity contribution >= 4 is 48.3 Å². The monoisotopic (exact) mass is 615 g/mol. The van der Waals surface area contributed by atoms with Crippen molar-refractivity contribution in [1.29, 1.82) is 0 Å². The second-order valence-corrected chi connectivity index (χ2v) is 12.7. The molecule has 1 aliphatic rings. The van der Waals surface area contributed by atoms with Crippen molar-refractivity contribution < 1.29 is 22.3 Å². The second kappa shape index (κ2) is 9.30. The molecule has 0 bridgehead atoms. The first-order valence-electron chi connectivity index (χ1n) is 11.7. The number of aliphatic hydroxyl groups is 1. The number of H-pyrrole nitrogens is 1. The average molecular weight is 617 g/mol. The van der Waals surface area contributed by atoms with E-state index in [1.165, 1.54) is 18.2 Å². The van der Waals surface area contributed by atoms with Gasteiger partial charge in [0, 0.05) is 37.6 Å². The van der Waals surface area contributed by atoms with Crippen molar-refractivity contribution in [3.8, 4) is 11.5 Å². The van der Waals surface area contributed by atoms with Gasteiger partial charge in [-0.3, -0.25) is 0 Å². The minimum absolute atomic E-state index is 0.0234. The van der Waals surface area contributed by atoms with Gasteiger partial charge in [-0.2, -0.15) is 0 Å². The third-order valence-electron chi connectivity index (χ3n) is 6.98. The van der Waals surface area contributed by atoms with Gasteiger partial charge in [0.25, 0.3) is 10.9 Å². The van der Waals surface area contributed by atoms with Crippen LogP contribution in [0.15, 0.2) is 80.5 Å². The van der Waals surface area contributed by atoms with Gasteiger partial charge in [0.2, 0.25) is 15.7 Å². The Kier molecular flexibility index (Phi) is 6.18. The smallest absolute Gasteiger partial charge is 0.294 e. The van der Waals surface area contributed by atoms with Gasteiger partial charge in [-0.1, -0.05) is 45.7 Å². The maximum Gasteiger partial charge on any atom is 0.294 e. The van der Waals surface area contributed by atoms with E-state index in [0.29, 0.717) is 20.6 Å². The summed E-state index contributed by atoms with van der Waals surface area (Å²) >= 11 is 9.50. The predicted molar refractivity (Wildman–Crippen MR) is 144 cm³/mol. The van der Waals surface area contributed by atoms with Crippen LogP contribution in [0.2, 0.25) is 5.02 Å². The number of aliphatic hydroxyl groups excluding tert-OH is 1. The lowest BCUT2D eigenvalue weighted by molar-refractivity contribution is 0.140. The third-order valence-corrected chi connectivity index (χ3v) is 9.87. The maximum atomic E-state index is 17.5. The summed E-state index contributed by atoms with van der Waals surface area (Å²) in [6.45, 7) is -0.143. The summed E-state index contributed by atoms with van der Waals surface area (Å²) in [6.07, 6.45) is 0.247. The molecule has 0 saturated heterocycles. The first-order valence-corrected chi connectivity index (χ1v) is 14.4. The molecule has 3 aromatic carbocycles. The summed E-state index contributed by atoms with van der Waals surface area (Å²) in [4.78, 5) is 3.08. The van der Waals surface area contributed by atoms with Crippen molar-refractivity contribution in [2.24, 2.45) is 5.92 Å². The van der Waals surface area contributed by atoms with Gasteiger partial charge in [-0.05, 0) is 72.5 Å². The molecule has 0 amide bonds. The van der Waals surface area contributed by atoms with E-state index in [0.717, 1.165) is 22.2 Å². The van der Waals surface area contributed by atoms with E-state index in [4.69, 9.17) is 16.0 Å². The van der Waals surface area contributed by atoms with Crippen LogP contribution >= 0.6 is 27.5 Å². The number of hydrogen-bond donors (Lipinski definition) is 2. The van der Waals surface area contributed by atoms with Gasteiger partial charge in [-0.25, -0.2) is 12.8 Å². The van der Waals surface area contributed by atoms with Crippen LogP contribution in [0, 0.1) is 5.92 Å². The van der Waals surface area contributed by atoms with Gasteiger partial charge in [0.05, 0.1) is 11.5 Å². The number of benzene rings is 3. The predicted octanol–water partition coefficient (Wildman–Crippen LogP) is 6.14. The number of halogens is 3. The van der Waals surface area contributed by atoms with E-state index in [9.17, 15) is 13.5 Å². The SMILES string of the molecule is O=S(=O)(c1cccc(Br)c1)C(F)(c1nnc(-c2ccc(CO)cc2)o1)C1Cc2[nH]c3ccc(Cl)cc3c2C1. The highest BCUT2D eigenvalue weighted by molar-refractivity contribution is 9.10. The fraction of sp³-hybridized carbons (Fsp3) is 0.185. The molecule has 0 aliphatic heterocycles. The fourth-order valence-corrected chi connectivity index (χ4v) is 7.58. The van der Waals surface area contributed by atoms with Crippen LogP contribution in [0.1, 0.15) is 22.7 Å². The molecule has 2 aromatic heterocycles. The Hall–Kier alpha value is -3.05. The van der Waals surface area contributed by atoms with E-state index >= 15 is 4.39 Å². The summed E-state index contributed by atoms with van der Waals surface area (Å²) in [7, 11) is -4.66. The Morgan fingerprint density at radius 1 is 1.11 bits per heavy atom. The summed E-state index contributed by atoms with van der Waals surface area (Å²) in [5.74, 6) is -1.69. The topological polar surface area (TPSA) is 109 Å². The minimum atomic E-state index is -4.66. The maximum absolute atomic E-state index is 17.5. The summed E-state index contributed by atoms with van der Waals surface area (Å²) in [5, 5.41) is 15.6. The lowest BCUT2D eigenvalue weighted by Crippen LogP contribution is -2.40. The van der Waals surface area contributed by atoms with Gasteiger partial charge < -0.3 is 14.5 Å². The fourth-order valence-electron chi connectivity index (χ4n) is 5.06. The molecule has 194 valence electrons. The zero-order valence-corrected chi connectivity index (χ0v) is 22.8. The normalized spacial score (nSPS) is 17.0. The van der Waals surface area contributed by atoms with Crippen molar-refractivity contribution in [2.75, 3.05) is 0 Å². The molecular weight excluding hydrogens is 597 g/mol. The molecular formula is C27H20BrClFN3O4S. The van der Waals surface area contributed by atoms with Crippen molar-refractivity contribution in [1.82, 2.24) is 15.2 Å². The van der Waals surface area contributed by atoms with Gasteiger partial charge >= 0.3 is 0 Å². The first-order chi connectivity index (χ1) is 18.2. The van der Waals surface area contributed by atoms with Crippen molar-refractivity contribution in [2.45, 2.75) is 29.3 Å². The highest BCUT2D eigenvalue weighted by Gasteiger charge is 2.59. The number of fused-ring (bicyclic) bond motifs is 3. The summed E-state index contributed by atoms with van der Waals surface area (Å²) in [5.41, 5.74) is 3.56. The molecule has 6 rings (SSSR count). The molecule has 1 aliphatic carbocycles. The molecule has 0 fully saturated rings. The Bertz CT molecular complexity index is 1790. The van der Waals surface area contributed by atoms with Crippen LogP contribution in [0.25, 0.3) is 22.4 Å². The molecule has 0 saturated carbocycles. The number of aromatic amines is 1. The van der Waals surface area contributed by atoms with E-state index in [2.05, 4.69) is 31.1 Å². The van der Waals surface area contributed by atoms with E-state index in [1.54, 1.807) is 42.5 Å². The molecule has 7 nitrogen and oxygen atoms in total. The zero-order valence-electron chi connectivity index (χ0n) is 19.7. The third kappa shape index (κ3) is 3.98. The number of alkyl halides is 1. The quantitative estimate of drug-likeness (QED) is 0.237. The van der Waals surface area contributed by atoms with Crippen molar-refractivity contribution in [3.05, 3.63) is 98.9 Å². The highest BCUT2D eigenvalue weighted by Crippen LogP contribution is 2.50. The van der Waals surface area contributed by atoms with Crippen LogP contribution < -0.4 is 0 Å². The number of hydrogen-bond acceptors (Lipinski definition) is 6. The molecule has 38 heavy (non-hydrogen) atoms. The molecule has 0 spiro atoms. The number of nitrogens with one attached hydrogen (secondary N) is 1. The van der Waals surface area contributed by atoms with E-state index in [1.807, 2.05) is 6.07 Å².